The Morgan fingerprint density at radius 3 is 1.77 bits per heavy atom. The van der Waals surface area contributed by atoms with Crippen LogP contribution in [0.2, 0.25) is 0 Å². The fraction of sp³-hybridized carbons (Fsp3) is 0.200. The fourth-order valence-electron chi connectivity index (χ4n) is 3.47. The van der Waals surface area contributed by atoms with Gasteiger partial charge in [-0.05, 0) is 36.6 Å². The summed E-state index contributed by atoms with van der Waals surface area (Å²) in [5.41, 5.74) is 6.16. The van der Waals surface area contributed by atoms with Gasteiger partial charge >= 0.3 is 0 Å². The van der Waals surface area contributed by atoms with Crippen LogP contribution in [0.5, 0.6) is 0 Å². The summed E-state index contributed by atoms with van der Waals surface area (Å²) in [7, 11) is -1.29. The van der Waals surface area contributed by atoms with Crippen LogP contribution in [0, 0.1) is 0 Å². The lowest BCUT2D eigenvalue weighted by molar-refractivity contribution is -0.129. The maximum absolute atomic E-state index is 13.5. The number of carbonyl (C=O) groups excluding carboxylic acids is 2. The summed E-state index contributed by atoms with van der Waals surface area (Å²) in [5.74, 6) is -0.772. The van der Waals surface area contributed by atoms with Crippen LogP contribution in [0.15, 0.2) is 95.9 Å². The van der Waals surface area contributed by atoms with E-state index in [9.17, 15) is 13.8 Å². The van der Waals surface area contributed by atoms with E-state index in [-0.39, 0.29) is 18.1 Å². The predicted octanol–water partition coefficient (Wildman–Crippen LogP) is 3.16. The molecule has 3 aromatic rings. The molecule has 0 aliphatic heterocycles. The Morgan fingerprint density at radius 2 is 1.32 bits per heavy atom. The first-order valence-electron chi connectivity index (χ1n) is 10.1. The molecule has 3 aromatic carbocycles. The molecule has 31 heavy (non-hydrogen) atoms. The molecule has 0 saturated carbocycles. The highest BCUT2D eigenvalue weighted by Gasteiger charge is 2.38. The minimum atomic E-state index is -1.29. The molecule has 0 aromatic heterocycles. The Bertz CT molecular complexity index is 1000. The Morgan fingerprint density at radius 1 is 0.871 bits per heavy atom. The van der Waals surface area contributed by atoms with Gasteiger partial charge in [-0.25, -0.2) is 0 Å². The third kappa shape index (κ3) is 5.27. The smallest absolute Gasteiger partial charge is 0.240 e. The standard InChI is InChI=1S/C25H26N2O3S/c1-25(19-11-5-2-6-12-19,20-13-7-3-8-14-20)24(29)27-22(23(26)28)17-18-31(30)21-15-9-4-10-16-21/h2-16,22H,17-18H2,1H3,(H2,26,28)(H,27,29)/t22-,31+/m1/s1. The second-order valence-electron chi connectivity index (χ2n) is 7.44. The van der Waals surface area contributed by atoms with Crippen LogP contribution < -0.4 is 11.1 Å². The van der Waals surface area contributed by atoms with Gasteiger partial charge in [0, 0.05) is 10.6 Å². The van der Waals surface area contributed by atoms with Gasteiger partial charge in [-0.2, -0.15) is 0 Å². The molecule has 0 unspecified atom stereocenters. The SMILES string of the molecule is CC(C(=O)N[C@H](CC[S@](=O)c1ccccc1)C(N)=O)(c1ccccc1)c1ccccc1. The van der Waals surface area contributed by atoms with Crippen LogP contribution in [-0.4, -0.2) is 27.8 Å². The summed E-state index contributed by atoms with van der Waals surface area (Å²) in [6.07, 6.45) is 0.183. The normalized spacial score (nSPS) is 13.2. The molecule has 160 valence electrons. The van der Waals surface area contributed by atoms with Crippen molar-refractivity contribution >= 4 is 22.6 Å². The van der Waals surface area contributed by atoms with Crippen LogP contribution in [0.3, 0.4) is 0 Å². The van der Waals surface area contributed by atoms with Crippen molar-refractivity contribution in [2.75, 3.05) is 5.75 Å². The number of rotatable bonds is 9. The van der Waals surface area contributed by atoms with Gasteiger partial charge in [-0.15, -0.1) is 0 Å². The number of hydrogen-bond donors (Lipinski definition) is 2. The van der Waals surface area contributed by atoms with Gasteiger partial charge in [0.2, 0.25) is 11.8 Å². The van der Waals surface area contributed by atoms with E-state index in [0.717, 1.165) is 11.1 Å². The molecule has 2 atom stereocenters. The van der Waals surface area contributed by atoms with E-state index in [1.165, 1.54) is 0 Å². The molecule has 0 spiro atoms. The lowest BCUT2D eigenvalue weighted by Crippen LogP contribution is -2.52. The number of hydrogen-bond acceptors (Lipinski definition) is 3. The van der Waals surface area contributed by atoms with Crippen molar-refractivity contribution in [1.82, 2.24) is 5.32 Å². The summed E-state index contributed by atoms with van der Waals surface area (Å²) >= 11 is 0. The van der Waals surface area contributed by atoms with Crippen LogP contribution in [0.4, 0.5) is 0 Å². The molecule has 2 amide bonds. The van der Waals surface area contributed by atoms with Gasteiger partial charge in [0.05, 0.1) is 16.2 Å². The van der Waals surface area contributed by atoms with Crippen molar-refractivity contribution in [1.29, 1.82) is 0 Å². The highest BCUT2D eigenvalue weighted by Crippen LogP contribution is 2.32. The van der Waals surface area contributed by atoms with Gasteiger partial charge < -0.3 is 11.1 Å². The maximum atomic E-state index is 13.5. The summed E-state index contributed by atoms with van der Waals surface area (Å²) in [6, 6.07) is 26.9. The summed E-state index contributed by atoms with van der Waals surface area (Å²) in [5, 5.41) is 2.81. The molecule has 5 nitrogen and oxygen atoms in total. The van der Waals surface area contributed by atoms with E-state index in [1.54, 1.807) is 12.1 Å². The van der Waals surface area contributed by atoms with E-state index >= 15 is 0 Å². The first-order valence-corrected chi connectivity index (χ1v) is 11.4. The van der Waals surface area contributed by atoms with Crippen molar-refractivity contribution in [3.05, 3.63) is 102 Å². The van der Waals surface area contributed by atoms with E-state index in [4.69, 9.17) is 5.73 Å². The topological polar surface area (TPSA) is 89.3 Å². The van der Waals surface area contributed by atoms with Gasteiger partial charge in [-0.3, -0.25) is 13.8 Å². The molecule has 0 aliphatic carbocycles. The van der Waals surface area contributed by atoms with E-state index in [2.05, 4.69) is 5.32 Å². The van der Waals surface area contributed by atoms with Gasteiger partial charge in [0.1, 0.15) is 6.04 Å². The molecule has 0 saturated heterocycles. The minimum absolute atomic E-state index is 0.183. The Balaban J connectivity index is 1.82. The largest absolute Gasteiger partial charge is 0.368 e. The molecule has 0 bridgehead atoms. The molecule has 0 radical (unpaired) electrons. The maximum Gasteiger partial charge on any atom is 0.240 e. The Labute approximate surface area is 185 Å². The van der Waals surface area contributed by atoms with Crippen molar-refractivity contribution in [3.8, 4) is 0 Å². The van der Waals surface area contributed by atoms with Crippen LogP contribution in [-0.2, 0) is 25.8 Å². The number of benzene rings is 3. The Kier molecular flexibility index (Phi) is 7.36. The first kappa shape index (κ1) is 22.4. The minimum Gasteiger partial charge on any atom is -0.368 e. The fourth-order valence-corrected chi connectivity index (χ4v) is 4.62. The van der Waals surface area contributed by atoms with Crippen molar-refractivity contribution in [2.24, 2.45) is 5.73 Å². The number of nitrogens with one attached hydrogen (secondary N) is 1. The van der Waals surface area contributed by atoms with Crippen molar-refractivity contribution in [3.63, 3.8) is 0 Å². The van der Waals surface area contributed by atoms with Gasteiger partial charge in [-0.1, -0.05) is 78.9 Å². The zero-order valence-corrected chi connectivity index (χ0v) is 18.2. The quantitative estimate of drug-likeness (QED) is 0.542. The van der Waals surface area contributed by atoms with Gasteiger partial charge in [0.15, 0.2) is 0 Å². The lowest BCUT2D eigenvalue weighted by atomic mass is 9.75. The van der Waals surface area contributed by atoms with Crippen molar-refractivity contribution in [2.45, 2.75) is 29.7 Å². The monoisotopic (exact) mass is 434 g/mol. The second kappa shape index (κ2) is 10.2. The second-order valence-corrected chi connectivity index (χ2v) is 9.01. The number of primary amides is 1. The highest BCUT2D eigenvalue weighted by molar-refractivity contribution is 7.85. The van der Waals surface area contributed by atoms with E-state index in [0.29, 0.717) is 4.90 Å². The third-order valence-corrected chi connectivity index (χ3v) is 6.81. The number of amides is 2. The molecular formula is C25H26N2O3S. The van der Waals surface area contributed by atoms with Crippen LogP contribution in [0.25, 0.3) is 0 Å². The number of nitrogens with two attached hydrogens (primary N) is 1. The molecule has 3 rings (SSSR count). The Hall–Kier alpha value is -3.25. The van der Waals surface area contributed by atoms with Crippen LogP contribution in [0.1, 0.15) is 24.5 Å². The molecule has 0 aliphatic rings. The molecule has 3 N–H and O–H groups in total. The predicted molar refractivity (Wildman–Crippen MR) is 123 cm³/mol. The number of carbonyl (C=O) groups is 2. The lowest BCUT2D eigenvalue weighted by Gasteiger charge is -2.31. The molecule has 6 heteroatoms. The van der Waals surface area contributed by atoms with E-state index < -0.39 is 28.2 Å². The molecule has 0 fully saturated rings. The first-order chi connectivity index (χ1) is 14.9. The molecular weight excluding hydrogens is 408 g/mol. The third-order valence-electron chi connectivity index (χ3n) is 5.40. The highest BCUT2D eigenvalue weighted by atomic mass is 32.2. The zero-order valence-electron chi connectivity index (χ0n) is 17.4. The summed E-state index contributed by atoms with van der Waals surface area (Å²) in [6.45, 7) is 1.83. The van der Waals surface area contributed by atoms with Crippen LogP contribution >= 0.6 is 0 Å². The molecule has 0 heterocycles. The van der Waals surface area contributed by atoms with Gasteiger partial charge in [0.25, 0.3) is 0 Å². The van der Waals surface area contributed by atoms with E-state index in [1.807, 2.05) is 85.8 Å². The zero-order chi connectivity index (χ0) is 22.3. The summed E-state index contributed by atoms with van der Waals surface area (Å²) in [4.78, 5) is 26.3. The summed E-state index contributed by atoms with van der Waals surface area (Å²) < 4.78 is 12.5. The average Bonchev–Trinajstić information content (AvgIpc) is 2.82. The average molecular weight is 435 g/mol. The van der Waals surface area contributed by atoms with Crippen molar-refractivity contribution < 1.29 is 13.8 Å².